The summed E-state index contributed by atoms with van der Waals surface area (Å²) < 4.78 is 10.8. The van der Waals surface area contributed by atoms with Gasteiger partial charge in [0.15, 0.2) is 6.29 Å². The van der Waals surface area contributed by atoms with E-state index in [0.717, 1.165) is 13.1 Å². The molecule has 1 saturated heterocycles. The van der Waals surface area contributed by atoms with Crippen LogP contribution in [0, 0.1) is 0 Å². The monoisotopic (exact) mass is 230 g/mol. The van der Waals surface area contributed by atoms with Gasteiger partial charge in [-0.15, -0.1) is 0 Å². The Morgan fingerprint density at radius 1 is 1.12 bits per heavy atom. The third-order valence-electron chi connectivity index (χ3n) is 3.68. The van der Waals surface area contributed by atoms with Crippen molar-refractivity contribution in [3.63, 3.8) is 0 Å². The lowest BCUT2D eigenvalue weighted by Gasteiger charge is -2.43. The van der Waals surface area contributed by atoms with Gasteiger partial charge in [-0.2, -0.15) is 0 Å². The van der Waals surface area contributed by atoms with E-state index in [0.29, 0.717) is 6.54 Å². The Balaban J connectivity index is 2.75. The predicted octanol–water partition coefficient (Wildman–Crippen LogP) is 1.20. The highest BCUT2D eigenvalue weighted by Gasteiger charge is 2.39. The van der Waals surface area contributed by atoms with Crippen molar-refractivity contribution in [3.8, 4) is 0 Å². The molecule has 0 saturated carbocycles. The highest BCUT2D eigenvalue weighted by Crippen LogP contribution is 2.25. The van der Waals surface area contributed by atoms with Crippen LogP contribution >= 0.6 is 0 Å². The van der Waals surface area contributed by atoms with Gasteiger partial charge in [-0.05, 0) is 32.9 Å². The van der Waals surface area contributed by atoms with Gasteiger partial charge < -0.3 is 15.2 Å². The van der Waals surface area contributed by atoms with Crippen LogP contribution in [0.15, 0.2) is 0 Å². The van der Waals surface area contributed by atoms with Crippen LogP contribution in [0.2, 0.25) is 0 Å². The molecule has 16 heavy (non-hydrogen) atoms. The standard InChI is InChI=1S/C12H26N2O2/c1-12(10-13,11(15-2)16-3)14-8-6-4-5-7-9-14/h11H,4-10,13H2,1-3H3. The molecule has 0 aromatic heterocycles. The van der Waals surface area contributed by atoms with Crippen LogP contribution in [-0.2, 0) is 9.47 Å². The Morgan fingerprint density at radius 3 is 2.00 bits per heavy atom. The van der Waals surface area contributed by atoms with Crippen LogP contribution in [0.4, 0.5) is 0 Å². The maximum atomic E-state index is 5.94. The quantitative estimate of drug-likeness (QED) is 0.721. The Bertz CT molecular complexity index is 189. The van der Waals surface area contributed by atoms with Gasteiger partial charge in [0.1, 0.15) is 0 Å². The Hall–Kier alpha value is -0.160. The molecule has 1 aliphatic rings. The first-order valence-corrected chi connectivity index (χ1v) is 6.19. The number of methoxy groups -OCH3 is 2. The summed E-state index contributed by atoms with van der Waals surface area (Å²) in [6.07, 6.45) is 4.88. The molecule has 1 heterocycles. The molecular formula is C12H26N2O2. The second-order valence-electron chi connectivity index (χ2n) is 4.77. The van der Waals surface area contributed by atoms with E-state index in [4.69, 9.17) is 15.2 Å². The molecule has 1 unspecified atom stereocenters. The highest BCUT2D eigenvalue weighted by atomic mass is 16.7. The van der Waals surface area contributed by atoms with E-state index in [9.17, 15) is 0 Å². The zero-order valence-corrected chi connectivity index (χ0v) is 10.9. The molecule has 1 aliphatic heterocycles. The maximum Gasteiger partial charge on any atom is 0.176 e. The lowest BCUT2D eigenvalue weighted by molar-refractivity contribution is -0.181. The molecule has 1 rings (SSSR count). The number of ether oxygens (including phenoxy) is 2. The SMILES string of the molecule is COC(OC)C(C)(CN)N1CCCCCC1. The molecule has 96 valence electrons. The number of rotatable bonds is 5. The van der Waals surface area contributed by atoms with Gasteiger partial charge in [-0.3, -0.25) is 4.90 Å². The zero-order valence-electron chi connectivity index (χ0n) is 10.9. The third-order valence-corrected chi connectivity index (χ3v) is 3.68. The summed E-state index contributed by atoms with van der Waals surface area (Å²) in [4.78, 5) is 2.43. The highest BCUT2D eigenvalue weighted by molar-refractivity contribution is 4.91. The fraction of sp³-hybridized carbons (Fsp3) is 1.00. The van der Waals surface area contributed by atoms with Crippen LogP contribution in [0.1, 0.15) is 32.6 Å². The Kier molecular flexibility index (Phi) is 5.69. The first-order valence-electron chi connectivity index (χ1n) is 6.19. The number of hydrogen-bond acceptors (Lipinski definition) is 4. The molecule has 4 heteroatoms. The minimum atomic E-state index is -0.254. The van der Waals surface area contributed by atoms with Crippen molar-refractivity contribution in [1.82, 2.24) is 4.90 Å². The van der Waals surface area contributed by atoms with Gasteiger partial charge >= 0.3 is 0 Å². The zero-order chi connectivity index (χ0) is 12.0. The number of nitrogens with two attached hydrogens (primary N) is 1. The van der Waals surface area contributed by atoms with E-state index in [1.807, 2.05) is 0 Å². The summed E-state index contributed by atoms with van der Waals surface area (Å²) >= 11 is 0. The van der Waals surface area contributed by atoms with Gasteiger partial charge in [0.2, 0.25) is 0 Å². The largest absolute Gasteiger partial charge is 0.354 e. The first kappa shape index (κ1) is 13.9. The van der Waals surface area contributed by atoms with Crippen LogP contribution in [0.5, 0.6) is 0 Å². The average Bonchev–Trinajstić information content (AvgIpc) is 2.59. The van der Waals surface area contributed by atoms with Crippen molar-refractivity contribution < 1.29 is 9.47 Å². The minimum absolute atomic E-state index is 0.214. The smallest absolute Gasteiger partial charge is 0.176 e. The fourth-order valence-electron chi connectivity index (χ4n) is 2.56. The maximum absolute atomic E-state index is 5.94. The van der Waals surface area contributed by atoms with Crippen LogP contribution in [-0.4, -0.2) is 50.6 Å². The van der Waals surface area contributed by atoms with E-state index in [2.05, 4.69) is 11.8 Å². The van der Waals surface area contributed by atoms with E-state index >= 15 is 0 Å². The van der Waals surface area contributed by atoms with Crippen molar-refractivity contribution in [2.45, 2.75) is 44.4 Å². The number of hydrogen-bond donors (Lipinski definition) is 1. The van der Waals surface area contributed by atoms with E-state index in [1.165, 1.54) is 25.7 Å². The topological polar surface area (TPSA) is 47.7 Å². The second kappa shape index (κ2) is 6.55. The molecule has 0 aliphatic carbocycles. The number of likely N-dealkylation sites (tertiary alicyclic amines) is 1. The summed E-state index contributed by atoms with van der Waals surface area (Å²) in [5, 5.41) is 0. The van der Waals surface area contributed by atoms with E-state index in [1.54, 1.807) is 14.2 Å². The van der Waals surface area contributed by atoms with Gasteiger partial charge in [-0.1, -0.05) is 12.8 Å². The molecule has 0 radical (unpaired) electrons. The van der Waals surface area contributed by atoms with E-state index < -0.39 is 0 Å². The molecule has 0 spiro atoms. The average molecular weight is 230 g/mol. The van der Waals surface area contributed by atoms with Gasteiger partial charge in [0.25, 0.3) is 0 Å². The summed E-state index contributed by atoms with van der Waals surface area (Å²) in [5.74, 6) is 0. The first-order chi connectivity index (χ1) is 7.69. The summed E-state index contributed by atoms with van der Waals surface area (Å²) in [6, 6.07) is 0. The molecule has 2 N–H and O–H groups in total. The normalized spacial score (nSPS) is 23.1. The fourth-order valence-corrected chi connectivity index (χ4v) is 2.56. The van der Waals surface area contributed by atoms with Crippen molar-refractivity contribution in [2.24, 2.45) is 5.73 Å². The third kappa shape index (κ3) is 2.94. The molecule has 4 nitrogen and oxygen atoms in total. The van der Waals surface area contributed by atoms with Crippen LogP contribution in [0.3, 0.4) is 0 Å². The summed E-state index contributed by atoms with van der Waals surface area (Å²) in [6.45, 7) is 4.88. The van der Waals surface area contributed by atoms with Crippen LogP contribution < -0.4 is 5.73 Å². The molecule has 1 fully saturated rings. The van der Waals surface area contributed by atoms with Gasteiger partial charge in [0, 0.05) is 20.8 Å². The Morgan fingerprint density at radius 2 is 1.62 bits per heavy atom. The molecule has 0 aromatic rings. The molecule has 1 atom stereocenters. The van der Waals surface area contributed by atoms with Gasteiger partial charge in [0.05, 0.1) is 5.54 Å². The van der Waals surface area contributed by atoms with E-state index in [-0.39, 0.29) is 11.8 Å². The van der Waals surface area contributed by atoms with Crippen molar-refractivity contribution >= 4 is 0 Å². The lowest BCUT2D eigenvalue weighted by atomic mass is 9.98. The minimum Gasteiger partial charge on any atom is -0.354 e. The molecular weight excluding hydrogens is 204 g/mol. The van der Waals surface area contributed by atoms with Crippen LogP contribution in [0.25, 0.3) is 0 Å². The lowest BCUT2D eigenvalue weighted by Crippen LogP contribution is -2.60. The van der Waals surface area contributed by atoms with Crippen molar-refractivity contribution in [2.75, 3.05) is 33.9 Å². The van der Waals surface area contributed by atoms with Gasteiger partial charge in [-0.25, -0.2) is 0 Å². The Labute approximate surface area is 99.1 Å². The summed E-state index contributed by atoms with van der Waals surface area (Å²) in [5.41, 5.74) is 5.72. The predicted molar refractivity (Wildman–Crippen MR) is 65.3 cm³/mol. The molecule has 0 aromatic carbocycles. The van der Waals surface area contributed by atoms with Crippen molar-refractivity contribution in [3.05, 3.63) is 0 Å². The number of nitrogens with zero attached hydrogens (tertiary/aromatic N) is 1. The van der Waals surface area contributed by atoms with Crippen molar-refractivity contribution in [1.29, 1.82) is 0 Å². The second-order valence-corrected chi connectivity index (χ2v) is 4.77. The molecule has 0 bridgehead atoms. The molecule has 0 amide bonds. The summed E-state index contributed by atoms with van der Waals surface area (Å²) in [7, 11) is 3.36.